The number of amides is 2. The zero-order valence-corrected chi connectivity index (χ0v) is 13.5. The van der Waals surface area contributed by atoms with Gasteiger partial charge in [-0.2, -0.15) is 0 Å². The number of carbonyl (C=O) groups excluding carboxylic acids is 2. The van der Waals surface area contributed by atoms with E-state index in [0.717, 1.165) is 18.6 Å². The van der Waals surface area contributed by atoms with Gasteiger partial charge in [-0.3, -0.25) is 9.59 Å². The lowest BCUT2D eigenvalue weighted by molar-refractivity contribution is -0.124. The van der Waals surface area contributed by atoms with Crippen LogP contribution in [0.2, 0.25) is 0 Å². The lowest BCUT2D eigenvalue weighted by Gasteiger charge is -2.32. The molecule has 1 aromatic rings. The van der Waals surface area contributed by atoms with Crippen LogP contribution in [0.5, 0.6) is 5.75 Å². The number of benzene rings is 1. The number of piperidine rings is 1. The second kappa shape index (κ2) is 7.29. The number of likely N-dealkylation sites (tertiary alicyclic amines) is 1. The second-order valence-corrected chi connectivity index (χ2v) is 5.96. The molecule has 5 heteroatoms. The summed E-state index contributed by atoms with van der Waals surface area (Å²) in [7, 11) is 1.60. The highest BCUT2D eigenvalue weighted by atomic mass is 16.5. The molecule has 2 rings (SSSR count). The maximum absolute atomic E-state index is 12.4. The largest absolute Gasteiger partial charge is 0.497 e. The first-order valence-electron chi connectivity index (χ1n) is 7.75. The fourth-order valence-electron chi connectivity index (χ4n) is 2.51. The molecule has 0 bridgehead atoms. The number of hydrogen-bond acceptors (Lipinski definition) is 3. The molecule has 1 aromatic carbocycles. The van der Waals surface area contributed by atoms with Gasteiger partial charge in [-0.25, -0.2) is 0 Å². The van der Waals surface area contributed by atoms with E-state index in [9.17, 15) is 9.59 Å². The molecule has 22 heavy (non-hydrogen) atoms. The maximum Gasteiger partial charge on any atom is 0.253 e. The van der Waals surface area contributed by atoms with E-state index in [1.165, 1.54) is 0 Å². The van der Waals surface area contributed by atoms with Crippen LogP contribution >= 0.6 is 0 Å². The number of methoxy groups -OCH3 is 1. The highest BCUT2D eigenvalue weighted by molar-refractivity contribution is 5.94. The fraction of sp³-hybridized carbons (Fsp3) is 0.529. The van der Waals surface area contributed by atoms with Gasteiger partial charge < -0.3 is 15.0 Å². The van der Waals surface area contributed by atoms with Crippen LogP contribution in [-0.2, 0) is 4.79 Å². The predicted octanol–water partition coefficient (Wildman–Crippen LogP) is 2.07. The molecule has 1 aliphatic heterocycles. The number of nitrogens with zero attached hydrogens (tertiary/aromatic N) is 1. The second-order valence-electron chi connectivity index (χ2n) is 5.96. The molecule has 120 valence electrons. The molecule has 1 fully saturated rings. The molecule has 0 spiro atoms. The Morgan fingerprint density at radius 3 is 2.27 bits per heavy atom. The van der Waals surface area contributed by atoms with Gasteiger partial charge in [0, 0.05) is 30.6 Å². The van der Waals surface area contributed by atoms with Gasteiger partial charge in [-0.05, 0) is 37.1 Å². The lowest BCUT2D eigenvalue weighted by atomic mass is 10.0. The summed E-state index contributed by atoms with van der Waals surface area (Å²) in [5.41, 5.74) is 0.672. The van der Waals surface area contributed by atoms with Gasteiger partial charge in [0.05, 0.1) is 7.11 Å². The standard InChI is InChI=1S/C17H24N2O3/c1-12(2)16(20)18-14-8-10-19(11-9-14)17(21)13-4-6-15(22-3)7-5-13/h4-7,12,14H,8-11H2,1-3H3,(H,18,20). The van der Waals surface area contributed by atoms with Crippen LogP contribution in [0.4, 0.5) is 0 Å². The zero-order chi connectivity index (χ0) is 16.1. The molecule has 1 saturated heterocycles. The Hall–Kier alpha value is -2.04. The number of ether oxygens (including phenoxy) is 1. The van der Waals surface area contributed by atoms with Crippen LogP contribution in [0, 0.1) is 5.92 Å². The summed E-state index contributed by atoms with van der Waals surface area (Å²) in [6, 6.07) is 7.34. The molecule has 1 aliphatic rings. The first-order chi connectivity index (χ1) is 10.5. The van der Waals surface area contributed by atoms with E-state index in [1.54, 1.807) is 31.4 Å². The van der Waals surface area contributed by atoms with Crippen LogP contribution in [0.1, 0.15) is 37.0 Å². The minimum atomic E-state index is -0.000962. The SMILES string of the molecule is COc1ccc(C(=O)N2CCC(NC(=O)C(C)C)CC2)cc1. The molecular formula is C17H24N2O3. The van der Waals surface area contributed by atoms with Gasteiger partial charge in [-0.1, -0.05) is 13.8 Å². The van der Waals surface area contributed by atoms with Crippen LogP contribution < -0.4 is 10.1 Å². The lowest BCUT2D eigenvalue weighted by Crippen LogP contribution is -2.47. The average Bonchev–Trinajstić information content (AvgIpc) is 2.55. The van der Waals surface area contributed by atoms with Crippen molar-refractivity contribution in [2.45, 2.75) is 32.7 Å². The highest BCUT2D eigenvalue weighted by Gasteiger charge is 2.25. The number of rotatable bonds is 4. The molecule has 0 unspecified atom stereocenters. The molecule has 0 atom stereocenters. The van der Waals surface area contributed by atoms with Crippen LogP contribution in [0.25, 0.3) is 0 Å². The van der Waals surface area contributed by atoms with Gasteiger partial charge in [0.15, 0.2) is 0 Å². The van der Waals surface area contributed by atoms with E-state index >= 15 is 0 Å². The summed E-state index contributed by atoms with van der Waals surface area (Å²) < 4.78 is 5.10. The Balaban J connectivity index is 1.87. The molecule has 0 aromatic heterocycles. The number of hydrogen-bond donors (Lipinski definition) is 1. The van der Waals surface area contributed by atoms with E-state index in [2.05, 4.69) is 5.32 Å². The van der Waals surface area contributed by atoms with Crippen molar-refractivity contribution in [2.24, 2.45) is 5.92 Å². The fourth-order valence-corrected chi connectivity index (χ4v) is 2.51. The van der Waals surface area contributed by atoms with Crippen molar-refractivity contribution in [3.8, 4) is 5.75 Å². The molecule has 0 aliphatic carbocycles. The van der Waals surface area contributed by atoms with Crippen molar-refractivity contribution in [1.29, 1.82) is 0 Å². The molecule has 0 saturated carbocycles. The van der Waals surface area contributed by atoms with Crippen molar-refractivity contribution in [1.82, 2.24) is 10.2 Å². The van der Waals surface area contributed by atoms with Crippen LogP contribution in [0.3, 0.4) is 0 Å². The van der Waals surface area contributed by atoms with Crippen LogP contribution in [-0.4, -0.2) is 43.0 Å². The third kappa shape index (κ3) is 4.00. The number of carbonyl (C=O) groups is 2. The van der Waals surface area contributed by atoms with E-state index in [-0.39, 0.29) is 23.8 Å². The van der Waals surface area contributed by atoms with Gasteiger partial charge in [0.25, 0.3) is 5.91 Å². The van der Waals surface area contributed by atoms with E-state index in [0.29, 0.717) is 18.7 Å². The molecule has 5 nitrogen and oxygen atoms in total. The maximum atomic E-state index is 12.4. The minimum Gasteiger partial charge on any atom is -0.497 e. The topological polar surface area (TPSA) is 58.6 Å². The summed E-state index contributed by atoms with van der Waals surface area (Å²) in [5, 5.41) is 3.04. The third-order valence-corrected chi connectivity index (χ3v) is 3.99. The average molecular weight is 304 g/mol. The normalized spacial score (nSPS) is 15.7. The summed E-state index contributed by atoms with van der Waals surface area (Å²) in [6.07, 6.45) is 1.61. The Morgan fingerprint density at radius 1 is 1.18 bits per heavy atom. The molecule has 0 radical (unpaired) electrons. The van der Waals surface area contributed by atoms with Crippen LogP contribution in [0.15, 0.2) is 24.3 Å². The monoisotopic (exact) mass is 304 g/mol. The number of nitrogens with one attached hydrogen (secondary N) is 1. The Morgan fingerprint density at radius 2 is 1.77 bits per heavy atom. The van der Waals surface area contributed by atoms with E-state index < -0.39 is 0 Å². The molecular weight excluding hydrogens is 280 g/mol. The quantitative estimate of drug-likeness (QED) is 0.926. The predicted molar refractivity (Wildman–Crippen MR) is 84.9 cm³/mol. The van der Waals surface area contributed by atoms with E-state index in [4.69, 9.17) is 4.74 Å². The first kappa shape index (κ1) is 16.3. The van der Waals surface area contributed by atoms with Crippen molar-refractivity contribution < 1.29 is 14.3 Å². The van der Waals surface area contributed by atoms with Gasteiger partial charge in [0.1, 0.15) is 5.75 Å². The van der Waals surface area contributed by atoms with Crippen molar-refractivity contribution in [2.75, 3.05) is 20.2 Å². The molecule has 2 amide bonds. The zero-order valence-electron chi connectivity index (χ0n) is 13.5. The third-order valence-electron chi connectivity index (χ3n) is 3.99. The smallest absolute Gasteiger partial charge is 0.253 e. The molecule has 1 heterocycles. The summed E-state index contributed by atoms with van der Waals surface area (Å²) >= 11 is 0. The summed E-state index contributed by atoms with van der Waals surface area (Å²) in [5.74, 6) is 0.863. The summed E-state index contributed by atoms with van der Waals surface area (Å²) in [4.78, 5) is 26.0. The van der Waals surface area contributed by atoms with Gasteiger partial charge in [-0.15, -0.1) is 0 Å². The van der Waals surface area contributed by atoms with Gasteiger partial charge in [0.2, 0.25) is 5.91 Å². The Bertz CT molecular complexity index is 517. The Labute approximate surface area is 131 Å². The van der Waals surface area contributed by atoms with Crippen molar-refractivity contribution >= 4 is 11.8 Å². The van der Waals surface area contributed by atoms with Crippen molar-refractivity contribution in [3.05, 3.63) is 29.8 Å². The van der Waals surface area contributed by atoms with E-state index in [1.807, 2.05) is 18.7 Å². The summed E-state index contributed by atoms with van der Waals surface area (Å²) in [6.45, 7) is 5.12. The highest BCUT2D eigenvalue weighted by Crippen LogP contribution is 2.17. The van der Waals surface area contributed by atoms with Gasteiger partial charge >= 0.3 is 0 Å². The Kier molecular flexibility index (Phi) is 5.41. The molecule has 1 N–H and O–H groups in total. The van der Waals surface area contributed by atoms with Crippen molar-refractivity contribution in [3.63, 3.8) is 0 Å². The first-order valence-corrected chi connectivity index (χ1v) is 7.75. The minimum absolute atomic E-state index is 0.000962.